The van der Waals surface area contributed by atoms with E-state index in [-0.39, 0.29) is 23.5 Å². The first-order valence-electron chi connectivity index (χ1n) is 9.04. The lowest BCUT2D eigenvalue weighted by Crippen LogP contribution is -2.11. The number of hydrogen-bond donors (Lipinski definition) is 2. The van der Waals surface area contributed by atoms with Crippen molar-refractivity contribution < 1.29 is 22.3 Å². The number of alkyl halides is 2. The van der Waals surface area contributed by atoms with Crippen molar-refractivity contribution in [2.45, 2.75) is 20.0 Å². The molecule has 2 heterocycles. The molecular weight excluding hydrogens is 418 g/mol. The Balaban J connectivity index is 1.73. The van der Waals surface area contributed by atoms with Gasteiger partial charge >= 0.3 is 6.61 Å². The van der Waals surface area contributed by atoms with E-state index in [0.29, 0.717) is 23.3 Å². The number of imidazole rings is 1. The van der Waals surface area contributed by atoms with Gasteiger partial charge in [0.1, 0.15) is 11.6 Å². The first-order valence-corrected chi connectivity index (χ1v) is 9.04. The summed E-state index contributed by atoms with van der Waals surface area (Å²) in [7, 11) is 0. The molecule has 0 saturated carbocycles. The summed E-state index contributed by atoms with van der Waals surface area (Å²) in [6, 6.07) is 7.42. The highest BCUT2D eigenvalue weighted by Gasteiger charge is 2.17. The molecule has 0 atom stereocenters. The number of nitrogens with one attached hydrogen (secondary N) is 1. The Hall–Kier alpha value is -3.96. The van der Waals surface area contributed by atoms with Crippen LogP contribution in [0.25, 0.3) is 17.0 Å². The Morgan fingerprint density at radius 3 is 2.58 bits per heavy atom. The van der Waals surface area contributed by atoms with Crippen LogP contribution in [0.2, 0.25) is 0 Å². The van der Waals surface area contributed by atoms with E-state index < -0.39 is 24.0 Å². The summed E-state index contributed by atoms with van der Waals surface area (Å²) in [4.78, 5) is 16.8. The third-order valence-electron chi connectivity index (χ3n) is 4.25. The Morgan fingerprint density at radius 1 is 1.06 bits per heavy atom. The molecule has 4 aromatic rings. The summed E-state index contributed by atoms with van der Waals surface area (Å²) in [5.41, 5.74) is 6.95. The fourth-order valence-electron chi connectivity index (χ4n) is 2.99. The zero-order valence-corrected chi connectivity index (χ0v) is 16.0. The van der Waals surface area contributed by atoms with Crippen LogP contribution in [0.4, 0.5) is 35.1 Å². The fraction of sp³-hybridized carbons (Fsp3) is 0.158. The Morgan fingerprint density at radius 2 is 1.87 bits per heavy atom. The van der Waals surface area contributed by atoms with Crippen molar-refractivity contribution in [3.05, 3.63) is 53.9 Å². The number of halogens is 4. The normalized spacial score (nSPS) is 11.3. The van der Waals surface area contributed by atoms with Gasteiger partial charge in [0.05, 0.1) is 11.0 Å². The van der Waals surface area contributed by atoms with Crippen LogP contribution in [0.15, 0.2) is 36.4 Å². The maximum atomic E-state index is 14.0. The molecule has 31 heavy (non-hydrogen) atoms. The Kier molecular flexibility index (Phi) is 5.28. The lowest BCUT2D eigenvalue weighted by Gasteiger charge is -2.11. The van der Waals surface area contributed by atoms with Crippen LogP contribution in [0, 0.1) is 11.6 Å². The largest absolute Gasteiger partial charge is 0.432 e. The van der Waals surface area contributed by atoms with Gasteiger partial charge in [-0.15, -0.1) is 0 Å². The maximum absolute atomic E-state index is 14.0. The number of anilines is 3. The number of hydrogen-bond acceptors (Lipinski definition) is 7. The number of nitrogens with two attached hydrogens (primary N) is 1. The average Bonchev–Trinajstić information content (AvgIpc) is 3.07. The molecule has 0 saturated heterocycles. The monoisotopic (exact) mass is 433 g/mol. The molecule has 4 rings (SSSR count). The van der Waals surface area contributed by atoms with Crippen LogP contribution in [-0.4, -0.2) is 31.1 Å². The summed E-state index contributed by atoms with van der Waals surface area (Å²) in [5, 5.41) is 2.73. The molecule has 8 nitrogen and oxygen atoms in total. The molecule has 0 spiro atoms. The van der Waals surface area contributed by atoms with Gasteiger partial charge in [0, 0.05) is 24.2 Å². The average molecular weight is 433 g/mol. The van der Waals surface area contributed by atoms with E-state index >= 15 is 0 Å². The highest BCUT2D eigenvalue weighted by atomic mass is 19.3. The minimum Gasteiger partial charge on any atom is -0.432 e. The van der Waals surface area contributed by atoms with E-state index in [4.69, 9.17) is 5.73 Å². The van der Waals surface area contributed by atoms with Gasteiger partial charge in [-0.05, 0) is 24.3 Å². The van der Waals surface area contributed by atoms with Crippen LogP contribution in [0.5, 0.6) is 5.75 Å². The van der Waals surface area contributed by atoms with Crippen molar-refractivity contribution in [1.82, 2.24) is 24.5 Å². The summed E-state index contributed by atoms with van der Waals surface area (Å²) in [5.74, 6) is -1.60. The molecule has 0 aliphatic carbocycles. The second-order valence-corrected chi connectivity index (χ2v) is 6.32. The van der Waals surface area contributed by atoms with E-state index in [1.807, 2.05) is 6.92 Å². The SMILES string of the molecule is CCc1nc2ccc(F)cc2n1-c1nc(N)nc(Nc2ccc(OC(F)F)c(F)c2)n1. The summed E-state index contributed by atoms with van der Waals surface area (Å²) in [6.45, 7) is -1.29. The third kappa shape index (κ3) is 4.17. The topological polar surface area (TPSA) is 104 Å². The number of nitrogen functional groups attached to an aromatic ring is 1. The van der Waals surface area contributed by atoms with Crippen molar-refractivity contribution in [3.63, 3.8) is 0 Å². The van der Waals surface area contributed by atoms with E-state index in [9.17, 15) is 17.6 Å². The van der Waals surface area contributed by atoms with Crippen LogP contribution in [0.3, 0.4) is 0 Å². The van der Waals surface area contributed by atoms with Crippen molar-refractivity contribution >= 4 is 28.6 Å². The molecular formula is C19H15F4N7O. The van der Waals surface area contributed by atoms with Gasteiger partial charge in [0.15, 0.2) is 11.6 Å². The minimum absolute atomic E-state index is 0.0373. The molecule has 2 aromatic heterocycles. The highest BCUT2D eigenvalue weighted by Crippen LogP contribution is 2.26. The fourth-order valence-corrected chi connectivity index (χ4v) is 2.99. The molecule has 0 bridgehead atoms. The zero-order chi connectivity index (χ0) is 22.1. The number of fused-ring (bicyclic) bond motifs is 1. The molecule has 0 radical (unpaired) electrons. The van der Waals surface area contributed by atoms with E-state index in [2.05, 4.69) is 30.0 Å². The molecule has 3 N–H and O–H groups in total. The lowest BCUT2D eigenvalue weighted by atomic mass is 10.3. The molecule has 0 fully saturated rings. The first kappa shape index (κ1) is 20.3. The van der Waals surface area contributed by atoms with Crippen LogP contribution < -0.4 is 15.8 Å². The second-order valence-electron chi connectivity index (χ2n) is 6.32. The van der Waals surface area contributed by atoms with Crippen LogP contribution in [-0.2, 0) is 6.42 Å². The number of rotatable bonds is 6. The zero-order valence-electron chi connectivity index (χ0n) is 16.0. The predicted molar refractivity (Wildman–Crippen MR) is 105 cm³/mol. The Labute approximate surface area is 172 Å². The predicted octanol–water partition coefficient (Wildman–Crippen LogP) is 3.98. The molecule has 0 amide bonds. The quantitative estimate of drug-likeness (QED) is 0.443. The van der Waals surface area contributed by atoms with Crippen LogP contribution >= 0.6 is 0 Å². The van der Waals surface area contributed by atoms with Gasteiger partial charge < -0.3 is 15.8 Å². The Bertz CT molecular complexity index is 1260. The van der Waals surface area contributed by atoms with E-state index in [1.54, 1.807) is 4.57 Å². The van der Waals surface area contributed by atoms with Gasteiger partial charge in [-0.2, -0.15) is 23.7 Å². The van der Waals surface area contributed by atoms with E-state index in [0.717, 1.165) is 12.1 Å². The number of nitrogens with zero attached hydrogens (tertiary/aromatic N) is 5. The third-order valence-corrected chi connectivity index (χ3v) is 4.25. The molecule has 0 unspecified atom stereocenters. The van der Waals surface area contributed by atoms with Crippen molar-refractivity contribution in [2.75, 3.05) is 11.1 Å². The number of aromatic nitrogens is 5. The number of ether oxygens (including phenoxy) is 1. The number of benzene rings is 2. The molecule has 0 aliphatic rings. The van der Waals surface area contributed by atoms with Gasteiger partial charge in [0.25, 0.3) is 0 Å². The number of aryl methyl sites for hydroxylation is 1. The smallest absolute Gasteiger partial charge is 0.387 e. The first-order chi connectivity index (χ1) is 14.8. The minimum atomic E-state index is -3.15. The molecule has 12 heteroatoms. The van der Waals surface area contributed by atoms with Crippen molar-refractivity contribution in [1.29, 1.82) is 0 Å². The van der Waals surface area contributed by atoms with Crippen molar-refractivity contribution in [3.8, 4) is 11.7 Å². The second kappa shape index (κ2) is 8.05. The van der Waals surface area contributed by atoms with Crippen LogP contribution in [0.1, 0.15) is 12.7 Å². The van der Waals surface area contributed by atoms with Gasteiger partial charge in [-0.25, -0.2) is 13.8 Å². The molecule has 160 valence electrons. The van der Waals surface area contributed by atoms with Gasteiger partial charge in [-0.3, -0.25) is 4.57 Å². The van der Waals surface area contributed by atoms with Crippen molar-refractivity contribution in [2.24, 2.45) is 0 Å². The summed E-state index contributed by atoms with van der Waals surface area (Å²) < 4.78 is 58.0. The standard InChI is InChI=1S/C19H15F4N7O/c1-2-15-26-12-5-3-9(20)7-13(12)30(15)19-28-17(24)27-18(29-19)25-10-4-6-14(11(21)8-10)31-16(22)23/h3-8,16H,2H2,1H3,(H3,24,25,27,28,29). The summed E-state index contributed by atoms with van der Waals surface area (Å²) >= 11 is 0. The maximum Gasteiger partial charge on any atom is 0.387 e. The van der Waals surface area contributed by atoms with Gasteiger partial charge in [-0.1, -0.05) is 6.92 Å². The van der Waals surface area contributed by atoms with Gasteiger partial charge in [0.2, 0.25) is 17.8 Å². The summed E-state index contributed by atoms with van der Waals surface area (Å²) in [6.07, 6.45) is 0.501. The molecule has 2 aromatic carbocycles. The highest BCUT2D eigenvalue weighted by molar-refractivity contribution is 5.78. The molecule has 0 aliphatic heterocycles. The van der Waals surface area contributed by atoms with E-state index in [1.165, 1.54) is 24.3 Å². The lowest BCUT2D eigenvalue weighted by molar-refractivity contribution is -0.0521.